The van der Waals surface area contributed by atoms with Crippen LogP contribution in [0.5, 0.6) is 0 Å². The Morgan fingerprint density at radius 3 is 2.48 bits per heavy atom. The maximum atomic E-state index is 13.0. The molecule has 4 nitrogen and oxygen atoms in total. The highest BCUT2D eigenvalue weighted by Crippen LogP contribution is 2.38. The van der Waals surface area contributed by atoms with Crippen molar-refractivity contribution in [2.45, 2.75) is 6.18 Å². The molecule has 25 heavy (non-hydrogen) atoms. The van der Waals surface area contributed by atoms with Crippen molar-refractivity contribution in [2.24, 2.45) is 0 Å². The predicted molar refractivity (Wildman–Crippen MR) is 89.5 cm³/mol. The highest BCUT2D eigenvalue weighted by molar-refractivity contribution is 9.10. The van der Waals surface area contributed by atoms with Gasteiger partial charge in [0.15, 0.2) is 6.61 Å². The first-order valence-corrected chi connectivity index (χ1v) is 7.94. The number of ether oxygens (including phenoxy) is 1. The van der Waals surface area contributed by atoms with Gasteiger partial charge >= 0.3 is 12.1 Å². The van der Waals surface area contributed by atoms with E-state index in [1.54, 1.807) is 12.1 Å². The summed E-state index contributed by atoms with van der Waals surface area (Å²) in [5.41, 5.74) is -1.48. The molecule has 0 radical (unpaired) electrons. The van der Waals surface area contributed by atoms with Gasteiger partial charge in [-0.05, 0) is 30.3 Å². The Bertz CT molecular complexity index is 811. The van der Waals surface area contributed by atoms with Crippen molar-refractivity contribution in [3.63, 3.8) is 0 Å². The first-order valence-electron chi connectivity index (χ1n) is 6.76. The van der Waals surface area contributed by atoms with Gasteiger partial charge in [-0.1, -0.05) is 39.7 Å². The van der Waals surface area contributed by atoms with Crippen LogP contribution in [0, 0.1) is 0 Å². The molecule has 0 aliphatic carbocycles. The molecule has 0 aromatic heterocycles. The molecule has 0 fully saturated rings. The smallest absolute Gasteiger partial charge is 0.418 e. The molecule has 2 aromatic carbocycles. The Hall–Kier alpha value is -2.06. The monoisotopic (exact) mass is 435 g/mol. The largest absolute Gasteiger partial charge is 0.452 e. The zero-order valence-corrected chi connectivity index (χ0v) is 14.7. The summed E-state index contributed by atoms with van der Waals surface area (Å²) in [7, 11) is 0. The summed E-state index contributed by atoms with van der Waals surface area (Å²) in [4.78, 5) is 23.6. The molecule has 0 saturated heterocycles. The lowest BCUT2D eigenvalue weighted by molar-refractivity contribution is -0.137. The third-order valence-corrected chi connectivity index (χ3v) is 3.79. The van der Waals surface area contributed by atoms with Crippen molar-refractivity contribution < 1.29 is 27.5 Å². The van der Waals surface area contributed by atoms with E-state index in [9.17, 15) is 22.8 Å². The third kappa shape index (κ3) is 5.20. The molecule has 0 unspecified atom stereocenters. The summed E-state index contributed by atoms with van der Waals surface area (Å²) in [6.07, 6.45) is -4.69. The molecule has 2 aromatic rings. The number of hydrogen-bond donors (Lipinski definition) is 1. The van der Waals surface area contributed by atoms with Gasteiger partial charge in [-0.15, -0.1) is 0 Å². The Kier molecular flexibility index (Phi) is 6.07. The summed E-state index contributed by atoms with van der Waals surface area (Å²) in [6.45, 7) is -0.756. The molecular formula is C16H10BrClF3NO3. The molecule has 0 aliphatic rings. The number of benzene rings is 2. The van der Waals surface area contributed by atoms with Crippen LogP contribution in [0.3, 0.4) is 0 Å². The number of anilines is 1. The first-order chi connectivity index (χ1) is 11.7. The lowest BCUT2D eigenvalue weighted by Gasteiger charge is -2.15. The second-order valence-electron chi connectivity index (χ2n) is 4.79. The van der Waals surface area contributed by atoms with Crippen LogP contribution >= 0.6 is 27.5 Å². The van der Waals surface area contributed by atoms with Crippen molar-refractivity contribution in [1.82, 2.24) is 0 Å². The minimum Gasteiger partial charge on any atom is -0.452 e. The fraction of sp³-hybridized carbons (Fsp3) is 0.125. The van der Waals surface area contributed by atoms with E-state index in [0.717, 1.165) is 12.1 Å². The normalized spacial score (nSPS) is 11.1. The number of hydrogen-bond acceptors (Lipinski definition) is 3. The van der Waals surface area contributed by atoms with Gasteiger partial charge in [-0.25, -0.2) is 4.79 Å². The van der Waals surface area contributed by atoms with Crippen LogP contribution in [0.15, 0.2) is 46.9 Å². The van der Waals surface area contributed by atoms with E-state index in [0.29, 0.717) is 4.47 Å². The highest BCUT2D eigenvalue weighted by Gasteiger charge is 2.34. The minimum atomic E-state index is -4.69. The molecule has 0 saturated carbocycles. The number of esters is 1. The molecule has 9 heteroatoms. The summed E-state index contributed by atoms with van der Waals surface area (Å²) < 4.78 is 44.3. The SMILES string of the molecule is O=C(COC(=O)c1cccc(Br)c1)Nc1c(Cl)cccc1C(F)(F)F. The number of carbonyl (C=O) groups excluding carboxylic acids is 2. The third-order valence-electron chi connectivity index (χ3n) is 2.98. The van der Waals surface area contributed by atoms with Crippen LogP contribution in [-0.2, 0) is 15.7 Å². The average molecular weight is 437 g/mol. The highest BCUT2D eigenvalue weighted by atomic mass is 79.9. The Balaban J connectivity index is 2.05. The van der Waals surface area contributed by atoms with Crippen molar-refractivity contribution in [2.75, 3.05) is 11.9 Å². The second kappa shape index (κ2) is 7.88. The number of nitrogens with one attached hydrogen (secondary N) is 1. The van der Waals surface area contributed by atoms with Crippen LogP contribution in [0.25, 0.3) is 0 Å². The van der Waals surface area contributed by atoms with Crippen LogP contribution in [0.4, 0.5) is 18.9 Å². The molecular weight excluding hydrogens is 427 g/mol. The Morgan fingerprint density at radius 1 is 1.16 bits per heavy atom. The maximum absolute atomic E-state index is 13.0. The Morgan fingerprint density at radius 2 is 1.84 bits per heavy atom. The van der Waals surface area contributed by atoms with Gasteiger partial charge in [-0.2, -0.15) is 13.2 Å². The number of carbonyl (C=O) groups is 2. The maximum Gasteiger partial charge on any atom is 0.418 e. The van der Waals surface area contributed by atoms with Crippen LogP contribution < -0.4 is 5.32 Å². The standard InChI is InChI=1S/C16H10BrClF3NO3/c17-10-4-1-3-9(7-10)15(24)25-8-13(23)22-14-11(16(19,20)21)5-2-6-12(14)18/h1-7H,8H2,(H,22,23). The number of halogens is 5. The van der Waals surface area contributed by atoms with E-state index in [2.05, 4.69) is 15.9 Å². The molecule has 2 rings (SSSR count). The minimum absolute atomic E-state index is 0.191. The lowest BCUT2D eigenvalue weighted by Crippen LogP contribution is -2.23. The zero-order chi connectivity index (χ0) is 18.6. The van der Waals surface area contributed by atoms with Gasteiger partial charge in [0.05, 0.1) is 21.8 Å². The fourth-order valence-electron chi connectivity index (χ4n) is 1.89. The van der Waals surface area contributed by atoms with E-state index in [-0.39, 0.29) is 10.6 Å². The van der Waals surface area contributed by atoms with Crippen LogP contribution in [0.2, 0.25) is 5.02 Å². The van der Waals surface area contributed by atoms with E-state index < -0.39 is 35.9 Å². The zero-order valence-electron chi connectivity index (χ0n) is 12.4. The van der Waals surface area contributed by atoms with E-state index in [1.807, 2.05) is 5.32 Å². The van der Waals surface area contributed by atoms with Gasteiger partial charge < -0.3 is 10.1 Å². The molecule has 132 valence electrons. The first kappa shape index (κ1) is 19.3. The molecule has 1 amide bonds. The van der Waals surface area contributed by atoms with E-state index >= 15 is 0 Å². The number of alkyl halides is 3. The lowest BCUT2D eigenvalue weighted by atomic mass is 10.1. The van der Waals surface area contributed by atoms with Crippen molar-refractivity contribution in [3.8, 4) is 0 Å². The Labute approximate surface area is 154 Å². The predicted octanol–water partition coefficient (Wildman–Crippen LogP) is 4.92. The van der Waals surface area contributed by atoms with Gasteiger partial charge in [0.2, 0.25) is 0 Å². The summed E-state index contributed by atoms with van der Waals surface area (Å²) in [5, 5.41) is 1.75. The molecule has 0 bridgehead atoms. The average Bonchev–Trinajstić information content (AvgIpc) is 2.53. The van der Waals surface area contributed by atoms with Gasteiger partial charge in [0, 0.05) is 4.47 Å². The molecule has 0 heterocycles. The van der Waals surface area contributed by atoms with Gasteiger partial charge in [-0.3, -0.25) is 4.79 Å². The molecule has 0 spiro atoms. The number of amides is 1. The van der Waals surface area contributed by atoms with Crippen molar-refractivity contribution in [3.05, 3.63) is 63.1 Å². The van der Waals surface area contributed by atoms with Crippen molar-refractivity contribution in [1.29, 1.82) is 0 Å². The van der Waals surface area contributed by atoms with Crippen LogP contribution in [0.1, 0.15) is 15.9 Å². The van der Waals surface area contributed by atoms with E-state index in [4.69, 9.17) is 16.3 Å². The summed E-state index contributed by atoms with van der Waals surface area (Å²) in [6, 6.07) is 9.36. The van der Waals surface area contributed by atoms with E-state index in [1.165, 1.54) is 18.2 Å². The summed E-state index contributed by atoms with van der Waals surface area (Å²) >= 11 is 8.91. The van der Waals surface area contributed by atoms with Gasteiger partial charge in [0.25, 0.3) is 5.91 Å². The molecule has 0 aliphatic heterocycles. The number of para-hydroxylation sites is 1. The van der Waals surface area contributed by atoms with Gasteiger partial charge in [0.1, 0.15) is 0 Å². The topological polar surface area (TPSA) is 55.4 Å². The fourth-order valence-corrected chi connectivity index (χ4v) is 2.51. The molecule has 0 atom stereocenters. The molecule has 1 N–H and O–H groups in total. The second-order valence-corrected chi connectivity index (χ2v) is 6.12. The number of rotatable bonds is 4. The quantitative estimate of drug-likeness (QED) is 0.693. The summed E-state index contributed by atoms with van der Waals surface area (Å²) in [5.74, 6) is -1.73. The van der Waals surface area contributed by atoms with Crippen molar-refractivity contribution >= 4 is 45.1 Å². The van der Waals surface area contributed by atoms with Crippen LogP contribution in [-0.4, -0.2) is 18.5 Å².